The lowest BCUT2D eigenvalue weighted by atomic mass is 9.99. The molecule has 1 aliphatic rings. The fourth-order valence-electron chi connectivity index (χ4n) is 1.70. The van der Waals surface area contributed by atoms with Crippen LogP contribution in [-0.2, 0) is 4.74 Å². The lowest BCUT2D eigenvalue weighted by Crippen LogP contribution is -2.41. The van der Waals surface area contributed by atoms with Gasteiger partial charge in [-0.15, -0.1) is 0 Å². The second-order valence-electron chi connectivity index (χ2n) is 5.09. The normalized spacial score (nSPS) is 17.6. The summed E-state index contributed by atoms with van der Waals surface area (Å²) in [5, 5.41) is 0. The Bertz CT molecular complexity index is 301. The first-order valence-corrected chi connectivity index (χ1v) is 5.74. The summed E-state index contributed by atoms with van der Waals surface area (Å²) < 4.78 is 5.32. The van der Waals surface area contributed by atoms with E-state index in [0.29, 0.717) is 5.92 Å². The van der Waals surface area contributed by atoms with Crippen molar-refractivity contribution in [3.8, 4) is 6.07 Å². The minimum atomic E-state index is -0.412. The van der Waals surface area contributed by atoms with Gasteiger partial charge in [-0.1, -0.05) is 4.85 Å². The van der Waals surface area contributed by atoms with Gasteiger partial charge in [0.05, 0.1) is 5.92 Å². The van der Waals surface area contributed by atoms with Crippen molar-refractivity contribution >= 4 is 6.09 Å². The number of piperidine rings is 1. The molecule has 1 aliphatic heterocycles. The molecule has 0 aromatic carbocycles. The Balaban J connectivity index is 2.41. The van der Waals surface area contributed by atoms with Gasteiger partial charge >= 0.3 is 6.09 Å². The second kappa shape index (κ2) is 5.20. The molecule has 0 spiro atoms. The van der Waals surface area contributed by atoms with Crippen molar-refractivity contribution in [1.29, 1.82) is 0 Å². The van der Waals surface area contributed by atoms with Crippen LogP contribution >= 0.6 is 0 Å². The third-order valence-corrected chi connectivity index (χ3v) is 2.46. The van der Waals surface area contributed by atoms with E-state index in [0.717, 1.165) is 25.9 Å². The van der Waals surface area contributed by atoms with Gasteiger partial charge in [-0.25, -0.2) is 4.79 Å². The number of carbonyl (C=O) groups is 1. The van der Waals surface area contributed by atoms with Crippen molar-refractivity contribution in [3.05, 3.63) is 4.85 Å². The second-order valence-corrected chi connectivity index (χ2v) is 5.09. The van der Waals surface area contributed by atoms with Crippen molar-refractivity contribution in [2.75, 3.05) is 20.1 Å². The molecule has 0 saturated carbocycles. The Morgan fingerprint density at radius 2 is 1.94 bits per heavy atom. The van der Waals surface area contributed by atoms with Crippen LogP contribution < -0.4 is 0 Å². The molecule has 4 heteroatoms. The maximum Gasteiger partial charge on any atom is 0.410 e. The first kappa shape index (κ1) is 12.8. The molecule has 90 valence electrons. The van der Waals surface area contributed by atoms with Crippen LogP contribution in [0.1, 0.15) is 33.6 Å². The number of rotatable bonds is 0. The molecular formula is C12H21N2O2+. The Labute approximate surface area is 97.4 Å². The van der Waals surface area contributed by atoms with Crippen LogP contribution in [0, 0.1) is 12.0 Å². The average molecular weight is 225 g/mol. The SMILES string of the molecule is C[N+]#CC1CCN(C(=O)OC(C)(C)C)CC1. The van der Waals surface area contributed by atoms with E-state index in [9.17, 15) is 4.79 Å². The minimum absolute atomic E-state index is 0.209. The molecular weight excluding hydrogens is 204 g/mol. The highest BCUT2D eigenvalue weighted by Gasteiger charge is 2.27. The number of hydrogen-bond acceptors (Lipinski definition) is 2. The summed E-state index contributed by atoms with van der Waals surface area (Å²) in [6, 6.07) is 3.04. The molecule has 1 saturated heterocycles. The van der Waals surface area contributed by atoms with Crippen molar-refractivity contribution in [3.63, 3.8) is 0 Å². The van der Waals surface area contributed by atoms with E-state index in [2.05, 4.69) is 10.9 Å². The molecule has 0 unspecified atom stereocenters. The monoisotopic (exact) mass is 225 g/mol. The lowest BCUT2D eigenvalue weighted by Gasteiger charge is -2.30. The molecule has 1 heterocycles. The van der Waals surface area contributed by atoms with Crippen LogP contribution in [0.15, 0.2) is 0 Å². The summed E-state index contributed by atoms with van der Waals surface area (Å²) >= 11 is 0. The van der Waals surface area contributed by atoms with Crippen molar-refractivity contribution in [2.24, 2.45) is 5.92 Å². The van der Waals surface area contributed by atoms with E-state index in [4.69, 9.17) is 4.74 Å². The summed E-state index contributed by atoms with van der Waals surface area (Å²) in [5.74, 6) is 0.392. The zero-order valence-electron chi connectivity index (χ0n) is 10.6. The van der Waals surface area contributed by atoms with Crippen molar-refractivity contribution in [1.82, 2.24) is 4.90 Å². The Hall–Kier alpha value is -1.24. The standard InChI is InChI=1S/C12H21N2O2/c1-12(2,3)16-11(15)14-7-5-10(6-8-14)9-13-4/h10H,5-8H2,1-4H3/q+1. The van der Waals surface area contributed by atoms with E-state index < -0.39 is 5.60 Å². The van der Waals surface area contributed by atoms with Gasteiger partial charge in [-0.3, -0.25) is 0 Å². The molecule has 16 heavy (non-hydrogen) atoms. The zero-order valence-corrected chi connectivity index (χ0v) is 10.6. The number of likely N-dealkylation sites (tertiary alicyclic amines) is 1. The smallest absolute Gasteiger partial charge is 0.410 e. The minimum Gasteiger partial charge on any atom is -0.444 e. The highest BCUT2D eigenvalue weighted by Crippen LogP contribution is 2.18. The molecule has 0 aliphatic carbocycles. The first-order chi connectivity index (χ1) is 7.42. The van der Waals surface area contributed by atoms with E-state index in [1.54, 1.807) is 11.9 Å². The van der Waals surface area contributed by atoms with Crippen LogP contribution in [0.4, 0.5) is 4.79 Å². The predicted octanol–water partition coefficient (Wildman–Crippen LogP) is 2.60. The Morgan fingerprint density at radius 3 is 2.38 bits per heavy atom. The molecule has 1 rings (SSSR count). The largest absolute Gasteiger partial charge is 0.444 e. The molecule has 0 N–H and O–H groups in total. The quantitative estimate of drug-likeness (QED) is 0.635. The van der Waals surface area contributed by atoms with Gasteiger partial charge in [0.2, 0.25) is 0 Å². The van der Waals surface area contributed by atoms with E-state index in [1.807, 2.05) is 20.8 Å². The molecule has 1 fully saturated rings. The molecule has 0 bridgehead atoms. The summed E-state index contributed by atoms with van der Waals surface area (Å²) in [6.07, 6.45) is 1.65. The topological polar surface area (TPSA) is 33.9 Å². The number of carbonyl (C=O) groups excluding carboxylic acids is 1. The first-order valence-electron chi connectivity index (χ1n) is 5.74. The summed E-state index contributed by atoms with van der Waals surface area (Å²) in [4.78, 5) is 17.4. The maximum atomic E-state index is 11.7. The Morgan fingerprint density at radius 1 is 1.38 bits per heavy atom. The summed E-state index contributed by atoms with van der Waals surface area (Å²) in [5.41, 5.74) is -0.412. The van der Waals surface area contributed by atoms with Crippen molar-refractivity contribution in [2.45, 2.75) is 39.2 Å². The molecule has 1 amide bonds. The summed E-state index contributed by atoms with van der Waals surface area (Å²) in [7, 11) is 1.74. The fourth-order valence-corrected chi connectivity index (χ4v) is 1.70. The molecule has 0 aromatic heterocycles. The van der Waals surface area contributed by atoms with Gasteiger partial charge < -0.3 is 9.64 Å². The Kier molecular flexibility index (Phi) is 4.17. The highest BCUT2D eigenvalue weighted by atomic mass is 16.6. The number of ether oxygens (including phenoxy) is 1. The molecule has 0 aromatic rings. The fraction of sp³-hybridized carbons (Fsp3) is 0.833. The molecule has 0 radical (unpaired) electrons. The van der Waals surface area contributed by atoms with Gasteiger partial charge in [0, 0.05) is 13.1 Å². The van der Waals surface area contributed by atoms with E-state index in [1.165, 1.54) is 0 Å². The van der Waals surface area contributed by atoms with Crippen molar-refractivity contribution < 1.29 is 9.53 Å². The average Bonchev–Trinajstić information content (AvgIpc) is 2.16. The number of nitrogens with zero attached hydrogens (tertiary/aromatic N) is 2. The van der Waals surface area contributed by atoms with E-state index in [-0.39, 0.29) is 6.09 Å². The van der Waals surface area contributed by atoms with Gasteiger partial charge in [-0.05, 0) is 33.6 Å². The van der Waals surface area contributed by atoms with Gasteiger partial charge in [0.15, 0.2) is 0 Å². The zero-order chi connectivity index (χ0) is 12.2. The number of amides is 1. The van der Waals surface area contributed by atoms with Crippen LogP contribution in [0.2, 0.25) is 0 Å². The lowest BCUT2D eigenvalue weighted by molar-refractivity contribution is 0.0199. The van der Waals surface area contributed by atoms with E-state index >= 15 is 0 Å². The summed E-state index contributed by atoms with van der Waals surface area (Å²) in [6.45, 7) is 7.13. The third-order valence-electron chi connectivity index (χ3n) is 2.46. The van der Waals surface area contributed by atoms with Crippen LogP contribution in [-0.4, -0.2) is 36.7 Å². The highest BCUT2D eigenvalue weighted by molar-refractivity contribution is 5.68. The molecule has 4 nitrogen and oxygen atoms in total. The predicted molar refractivity (Wildman–Crippen MR) is 63.7 cm³/mol. The third kappa shape index (κ3) is 4.09. The van der Waals surface area contributed by atoms with Crippen LogP contribution in [0.5, 0.6) is 0 Å². The maximum absolute atomic E-state index is 11.7. The number of hydrogen-bond donors (Lipinski definition) is 0. The van der Waals surface area contributed by atoms with Gasteiger partial charge in [0.25, 0.3) is 13.1 Å². The van der Waals surface area contributed by atoms with Crippen LogP contribution in [0.25, 0.3) is 4.85 Å². The molecule has 0 atom stereocenters. The van der Waals surface area contributed by atoms with Gasteiger partial charge in [-0.2, -0.15) is 0 Å². The van der Waals surface area contributed by atoms with Gasteiger partial charge in [0.1, 0.15) is 5.60 Å². The van der Waals surface area contributed by atoms with Crippen LogP contribution in [0.3, 0.4) is 0 Å².